The van der Waals surface area contributed by atoms with Crippen LogP contribution in [-0.2, 0) is 9.59 Å². The number of carbonyl (C=O) groups is 2. The number of hydrogen-bond acceptors (Lipinski definition) is 4. The van der Waals surface area contributed by atoms with Crippen molar-refractivity contribution in [2.45, 2.75) is 12.5 Å². The molecule has 1 aromatic carbocycles. The highest BCUT2D eigenvalue weighted by atomic mass is 35.5. The van der Waals surface area contributed by atoms with Crippen LogP contribution in [0.2, 0.25) is 5.02 Å². The van der Waals surface area contributed by atoms with Gasteiger partial charge in [0.05, 0.1) is 6.42 Å². The number of hydrazine groups is 1. The second-order valence-electron chi connectivity index (χ2n) is 4.30. The standard InChI is InChI=1S/C12H14ClN3O2/c1-15(2)16-11(17)7-10(12(16)18)14-9-5-3-8(13)4-6-9/h3-6,10,14H,7H2,1-2H3. The van der Waals surface area contributed by atoms with Crippen molar-refractivity contribution in [3.63, 3.8) is 0 Å². The number of amides is 2. The first-order chi connectivity index (χ1) is 8.49. The lowest BCUT2D eigenvalue weighted by molar-refractivity contribution is -0.152. The smallest absolute Gasteiger partial charge is 0.266 e. The van der Waals surface area contributed by atoms with Crippen molar-refractivity contribution >= 4 is 29.1 Å². The Kier molecular flexibility index (Phi) is 3.54. The molecule has 1 saturated heterocycles. The minimum Gasteiger partial charge on any atom is -0.373 e. The number of carbonyl (C=O) groups excluding carboxylic acids is 2. The van der Waals surface area contributed by atoms with E-state index in [0.29, 0.717) is 5.02 Å². The highest BCUT2D eigenvalue weighted by Crippen LogP contribution is 2.20. The van der Waals surface area contributed by atoms with Crippen molar-refractivity contribution < 1.29 is 9.59 Å². The molecule has 18 heavy (non-hydrogen) atoms. The summed E-state index contributed by atoms with van der Waals surface area (Å²) in [6, 6.07) is 6.50. The van der Waals surface area contributed by atoms with E-state index in [2.05, 4.69) is 5.32 Å². The molecular formula is C12H14ClN3O2. The third-order valence-corrected chi connectivity index (χ3v) is 2.96. The number of anilines is 1. The fourth-order valence-corrected chi connectivity index (χ4v) is 2.03. The highest BCUT2D eigenvalue weighted by molar-refractivity contribution is 6.30. The van der Waals surface area contributed by atoms with Gasteiger partial charge >= 0.3 is 0 Å². The molecule has 1 unspecified atom stereocenters. The molecule has 6 heteroatoms. The maximum absolute atomic E-state index is 12.0. The van der Waals surface area contributed by atoms with Gasteiger partial charge in [-0.25, -0.2) is 10.0 Å². The Morgan fingerprint density at radius 2 is 1.89 bits per heavy atom. The number of hydrogen-bond donors (Lipinski definition) is 1. The van der Waals surface area contributed by atoms with Crippen molar-refractivity contribution in [3.05, 3.63) is 29.3 Å². The monoisotopic (exact) mass is 267 g/mol. The van der Waals surface area contributed by atoms with E-state index in [0.717, 1.165) is 10.7 Å². The van der Waals surface area contributed by atoms with Crippen molar-refractivity contribution in [3.8, 4) is 0 Å². The van der Waals surface area contributed by atoms with E-state index in [9.17, 15) is 9.59 Å². The van der Waals surface area contributed by atoms with Gasteiger partial charge in [0, 0.05) is 24.8 Å². The van der Waals surface area contributed by atoms with Gasteiger partial charge in [0.15, 0.2) is 0 Å². The lowest BCUT2D eigenvalue weighted by atomic mass is 10.2. The molecule has 0 aromatic heterocycles. The molecule has 1 heterocycles. The zero-order valence-corrected chi connectivity index (χ0v) is 10.9. The van der Waals surface area contributed by atoms with Gasteiger partial charge in [0.1, 0.15) is 6.04 Å². The van der Waals surface area contributed by atoms with E-state index >= 15 is 0 Å². The van der Waals surface area contributed by atoms with Gasteiger partial charge in [-0.15, -0.1) is 0 Å². The van der Waals surface area contributed by atoms with Crippen molar-refractivity contribution in [2.75, 3.05) is 19.4 Å². The lowest BCUT2D eigenvalue weighted by Crippen LogP contribution is -2.43. The largest absolute Gasteiger partial charge is 0.373 e. The predicted octanol–water partition coefficient (Wildman–Crippen LogP) is 1.36. The van der Waals surface area contributed by atoms with Gasteiger partial charge in [-0.05, 0) is 24.3 Å². The molecule has 0 aliphatic carbocycles. The van der Waals surface area contributed by atoms with Crippen LogP contribution in [0.25, 0.3) is 0 Å². The quantitative estimate of drug-likeness (QED) is 0.840. The fraction of sp³-hybridized carbons (Fsp3) is 0.333. The van der Waals surface area contributed by atoms with Gasteiger partial charge in [-0.2, -0.15) is 0 Å². The molecule has 1 fully saturated rings. The minimum absolute atomic E-state index is 0.166. The van der Waals surface area contributed by atoms with Crippen LogP contribution in [0.4, 0.5) is 5.69 Å². The summed E-state index contributed by atoms with van der Waals surface area (Å²) in [4.78, 5) is 23.7. The molecule has 0 spiro atoms. The Morgan fingerprint density at radius 3 is 2.39 bits per heavy atom. The summed E-state index contributed by atoms with van der Waals surface area (Å²) in [5, 5.41) is 6.31. The van der Waals surface area contributed by atoms with E-state index in [1.807, 2.05) is 0 Å². The van der Waals surface area contributed by atoms with E-state index < -0.39 is 6.04 Å². The Bertz CT molecular complexity index is 473. The SMILES string of the molecule is CN(C)N1C(=O)CC(Nc2ccc(Cl)cc2)C1=O. The number of halogens is 1. The van der Waals surface area contributed by atoms with E-state index in [-0.39, 0.29) is 18.2 Å². The summed E-state index contributed by atoms with van der Waals surface area (Å²) in [7, 11) is 3.33. The summed E-state index contributed by atoms with van der Waals surface area (Å²) in [5.41, 5.74) is 0.770. The summed E-state index contributed by atoms with van der Waals surface area (Å²) < 4.78 is 0. The Labute approximate surface area is 110 Å². The van der Waals surface area contributed by atoms with Crippen LogP contribution in [0.1, 0.15) is 6.42 Å². The first kappa shape index (κ1) is 12.9. The van der Waals surface area contributed by atoms with Crippen molar-refractivity contribution in [2.24, 2.45) is 0 Å². The number of nitrogens with zero attached hydrogens (tertiary/aromatic N) is 2. The summed E-state index contributed by atoms with van der Waals surface area (Å²) >= 11 is 5.78. The van der Waals surface area contributed by atoms with E-state index in [1.54, 1.807) is 38.4 Å². The fourth-order valence-electron chi connectivity index (χ4n) is 1.90. The molecule has 2 rings (SSSR count). The first-order valence-corrected chi connectivity index (χ1v) is 5.93. The molecule has 1 N–H and O–H groups in total. The molecule has 5 nitrogen and oxygen atoms in total. The van der Waals surface area contributed by atoms with Gasteiger partial charge in [0.2, 0.25) is 5.91 Å². The zero-order chi connectivity index (χ0) is 13.3. The van der Waals surface area contributed by atoms with Crippen LogP contribution < -0.4 is 5.32 Å². The second-order valence-corrected chi connectivity index (χ2v) is 4.74. The molecular weight excluding hydrogens is 254 g/mol. The molecule has 96 valence electrons. The molecule has 2 amide bonds. The predicted molar refractivity (Wildman–Crippen MR) is 69.0 cm³/mol. The number of rotatable bonds is 3. The Hall–Kier alpha value is -1.59. The van der Waals surface area contributed by atoms with E-state index in [4.69, 9.17) is 11.6 Å². The highest BCUT2D eigenvalue weighted by Gasteiger charge is 2.39. The van der Waals surface area contributed by atoms with Gasteiger partial charge in [-0.3, -0.25) is 9.59 Å². The average Bonchev–Trinajstić information content (AvgIpc) is 2.57. The molecule has 1 aliphatic heterocycles. The summed E-state index contributed by atoms with van der Waals surface area (Å²) in [5.74, 6) is -0.434. The third kappa shape index (κ3) is 2.47. The van der Waals surface area contributed by atoms with Crippen LogP contribution in [0, 0.1) is 0 Å². The van der Waals surface area contributed by atoms with Gasteiger partial charge < -0.3 is 5.32 Å². The number of imide groups is 1. The Morgan fingerprint density at radius 1 is 1.28 bits per heavy atom. The van der Waals surface area contributed by atoms with Crippen LogP contribution >= 0.6 is 11.6 Å². The van der Waals surface area contributed by atoms with Crippen molar-refractivity contribution in [1.82, 2.24) is 10.0 Å². The first-order valence-electron chi connectivity index (χ1n) is 5.55. The van der Waals surface area contributed by atoms with Crippen molar-refractivity contribution in [1.29, 1.82) is 0 Å². The minimum atomic E-state index is -0.513. The summed E-state index contributed by atoms with van der Waals surface area (Å²) in [6.07, 6.45) is 0.166. The summed E-state index contributed by atoms with van der Waals surface area (Å²) in [6.45, 7) is 0. The zero-order valence-electron chi connectivity index (χ0n) is 10.2. The number of benzene rings is 1. The molecule has 0 bridgehead atoms. The van der Waals surface area contributed by atoms with Crippen LogP contribution in [0.15, 0.2) is 24.3 Å². The van der Waals surface area contributed by atoms with Gasteiger partial charge in [-0.1, -0.05) is 11.6 Å². The maximum atomic E-state index is 12.0. The van der Waals surface area contributed by atoms with Gasteiger partial charge in [0.25, 0.3) is 5.91 Å². The second kappa shape index (κ2) is 4.96. The molecule has 0 radical (unpaired) electrons. The lowest BCUT2D eigenvalue weighted by Gasteiger charge is -2.22. The normalized spacial score (nSPS) is 19.8. The molecule has 0 saturated carbocycles. The maximum Gasteiger partial charge on any atom is 0.266 e. The topological polar surface area (TPSA) is 52.6 Å². The van der Waals surface area contributed by atoms with Crippen LogP contribution in [0.5, 0.6) is 0 Å². The van der Waals surface area contributed by atoms with Crippen LogP contribution in [-0.4, -0.2) is 42.0 Å². The third-order valence-electron chi connectivity index (χ3n) is 2.71. The molecule has 1 aliphatic rings. The van der Waals surface area contributed by atoms with E-state index in [1.165, 1.54) is 5.01 Å². The molecule has 1 aromatic rings. The van der Waals surface area contributed by atoms with Crippen LogP contribution in [0.3, 0.4) is 0 Å². The molecule has 1 atom stereocenters. The Balaban J connectivity index is 2.10. The average molecular weight is 268 g/mol. The number of nitrogens with one attached hydrogen (secondary N) is 1.